The molecule has 10 heteroatoms. The number of aromatic nitrogens is 2. The maximum atomic E-state index is 13.2. The number of nitrogens with zero attached hydrogens (tertiary/aromatic N) is 2. The van der Waals surface area contributed by atoms with Gasteiger partial charge in [0.25, 0.3) is 0 Å². The van der Waals surface area contributed by atoms with E-state index in [4.69, 9.17) is 11.6 Å². The van der Waals surface area contributed by atoms with Crippen LogP contribution in [0.4, 0.5) is 36.3 Å². The van der Waals surface area contributed by atoms with Gasteiger partial charge in [-0.1, -0.05) is 29.8 Å². The van der Waals surface area contributed by atoms with E-state index in [0.29, 0.717) is 5.69 Å². The molecule has 3 N–H and O–H groups in total. The SMILES string of the molecule is O=C1Cc2cc(Nc3ncc(Cl)c(NCc4ccccc4C(F)(F)F)n3)ccc2N1. The third kappa shape index (κ3) is 4.30. The molecule has 1 aliphatic rings. The summed E-state index contributed by atoms with van der Waals surface area (Å²) >= 11 is 6.10. The molecule has 0 saturated heterocycles. The Morgan fingerprint density at radius 1 is 1.17 bits per heavy atom. The Morgan fingerprint density at radius 3 is 2.77 bits per heavy atom. The van der Waals surface area contributed by atoms with Crippen molar-refractivity contribution in [3.8, 4) is 0 Å². The van der Waals surface area contributed by atoms with Crippen LogP contribution < -0.4 is 16.0 Å². The Kier molecular flexibility index (Phi) is 5.21. The topological polar surface area (TPSA) is 78.9 Å². The van der Waals surface area contributed by atoms with E-state index in [1.54, 1.807) is 18.2 Å². The van der Waals surface area contributed by atoms with E-state index >= 15 is 0 Å². The largest absolute Gasteiger partial charge is 0.416 e. The van der Waals surface area contributed by atoms with Crippen LogP contribution in [0.15, 0.2) is 48.7 Å². The lowest BCUT2D eigenvalue weighted by molar-refractivity contribution is -0.138. The van der Waals surface area contributed by atoms with Gasteiger partial charge in [0, 0.05) is 17.9 Å². The van der Waals surface area contributed by atoms with Crippen LogP contribution in [0, 0.1) is 0 Å². The zero-order valence-corrected chi connectivity index (χ0v) is 16.1. The average molecular weight is 434 g/mol. The van der Waals surface area contributed by atoms with Crippen molar-refractivity contribution in [3.05, 3.63) is 70.4 Å². The minimum absolute atomic E-state index is 0.0736. The molecule has 6 nitrogen and oxygen atoms in total. The van der Waals surface area contributed by atoms with Gasteiger partial charge in [-0.05, 0) is 35.4 Å². The third-order valence-corrected chi connectivity index (χ3v) is 4.78. The fourth-order valence-electron chi connectivity index (χ4n) is 3.12. The van der Waals surface area contributed by atoms with Crippen molar-refractivity contribution in [2.24, 2.45) is 0 Å². The maximum absolute atomic E-state index is 13.2. The molecular formula is C20H15ClF3N5O. The Labute approximate surface area is 174 Å². The summed E-state index contributed by atoms with van der Waals surface area (Å²) in [5.41, 5.74) is 1.63. The van der Waals surface area contributed by atoms with Crippen LogP contribution in [0.25, 0.3) is 0 Å². The predicted octanol–water partition coefficient (Wildman–Crippen LogP) is 5.00. The molecule has 154 valence electrons. The molecule has 0 radical (unpaired) electrons. The highest BCUT2D eigenvalue weighted by Gasteiger charge is 2.32. The molecule has 0 aliphatic carbocycles. The number of rotatable bonds is 5. The number of amides is 1. The van der Waals surface area contributed by atoms with Crippen LogP contribution in [0.3, 0.4) is 0 Å². The summed E-state index contributed by atoms with van der Waals surface area (Å²) in [4.78, 5) is 19.8. The molecule has 30 heavy (non-hydrogen) atoms. The van der Waals surface area contributed by atoms with E-state index in [1.807, 2.05) is 0 Å². The van der Waals surface area contributed by atoms with E-state index in [2.05, 4.69) is 25.9 Å². The number of alkyl halides is 3. The summed E-state index contributed by atoms with van der Waals surface area (Å²) in [5.74, 6) is 0.336. The predicted molar refractivity (Wildman–Crippen MR) is 108 cm³/mol. The number of fused-ring (bicyclic) bond motifs is 1. The molecule has 3 aromatic rings. The highest BCUT2D eigenvalue weighted by Crippen LogP contribution is 2.33. The zero-order chi connectivity index (χ0) is 21.3. The standard InChI is InChI=1S/C20H15ClF3N5O/c21-15-10-26-19(27-13-5-6-16-12(7-13)8-17(30)28-16)29-18(15)25-9-11-3-1-2-4-14(11)20(22,23)24/h1-7,10H,8-9H2,(H,28,30)(H2,25,26,27,29). The summed E-state index contributed by atoms with van der Waals surface area (Å²) < 4.78 is 39.5. The summed E-state index contributed by atoms with van der Waals surface area (Å²) in [6.07, 6.45) is -2.81. The Hall–Kier alpha value is -3.33. The lowest BCUT2D eigenvalue weighted by atomic mass is 10.1. The summed E-state index contributed by atoms with van der Waals surface area (Å²) in [5, 5.41) is 8.77. The molecule has 0 atom stereocenters. The monoisotopic (exact) mass is 433 g/mol. The number of carbonyl (C=O) groups excluding carboxylic acids is 1. The minimum atomic E-state index is -4.45. The fourth-order valence-corrected chi connectivity index (χ4v) is 3.28. The van der Waals surface area contributed by atoms with Crippen molar-refractivity contribution < 1.29 is 18.0 Å². The smallest absolute Gasteiger partial charge is 0.365 e. The summed E-state index contributed by atoms with van der Waals surface area (Å²) in [7, 11) is 0. The molecule has 0 unspecified atom stereocenters. The quantitative estimate of drug-likeness (QED) is 0.527. The molecule has 2 aromatic carbocycles. The molecule has 1 aromatic heterocycles. The van der Waals surface area contributed by atoms with Gasteiger partial charge < -0.3 is 16.0 Å². The van der Waals surface area contributed by atoms with Crippen LogP contribution in [-0.4, -0.2) is 15.9 Å². The molecule has 4 rings (SSSR count). The molecule has 1 amide bonds. The van der Waals surface area contributed by atoms with Gasteiger partial charge in [-0.15, -0.1) is 0 Å². The molecular weight excluding hydrogens is 419 g/mol. The number of anilines is 4. The minimum Gasteiger partial charge on any atom is -0.365 e. The number of benzene rings is 2. The number of carbonyl (C=O) groups is 1. The average Bonchev–Trinajstić information content (AvgIpc) is 3.07. The normalized spacial score (nSPS) is 13.0. The van der Waals surface area contributed by atoms with Crippen molar-refractivity contribution in [1.82, 2.24) is 9.97 Å². The lowest BCUT2D eigenvalue weighted by Gasteiger charge is -2.14. The number of halogens is 4. The van der Waals surface area contributed by atoms with Gasteiger partial charge in [0.2, 0.25) is 11.9 Å². The van der Waals surface area contributed by atoms with Crippen LogP contribution in [0.2, 0.25) is 5.02 Å². The molecule has 0 saturated carbocycles. The Morgan fingerprint density at radius 2 is 1.97 bits per heavy atom. The van der Waals surface area contributed by atoms with Gasteiger partial charge in [0.05, 0.1) is 18.2 Å². The molecule has 0 spiro atoms. The van der Waals surface area contributed by atoms with Crippen molar-refractivity contribution >= 4 is 40.6 Å². The second-order valence-corrected chi connectivity index (χ2v) is 7.03. The van der Waals surface area contributed by atoms with E-state index in [1.165, 1.54) is 24.4 Å². The zero-order valence-electron chi connectivity index (χ0n) is 15.3. The molecule has 1 aliphatic heterocycles. The third-order valence-electron chi connectivity index (χ3n) is 4.50. The molecule has 2 heterocycles. The van der Waals surface area contributed by atoms with Crippen molar-refractivity contribution in [2.45, 2.75) is 19.1 Å². The van der Waals surface area contributed by atoms with Crippen molar-refractivity contribution in [1.29, 1.82) is 0 Å². The molecule has 0 bridgehead atoms. The lowest BCUT2D eigenvalue weighted by Crippen LogP contribution is -2.12. The first-order chi connectivity index (χ1) is 14.3. The van der Waals surface area contributed by atoms with Gasteiger partial charge in [0.15, 0.2) is 5.82 Å². The summed E-state index contributed by atoms with van der Waals surface area (Å²) in [6, 6.07) is 10.6. The Balaban J connectivity index is 1.51. The first kappa shape index (κ1) is 20.0. The fraction of sp³-hybridized carbons (Fsp3) is 0.150. The second kappa shape index (κ2) is 7.83. The highest BCUT2D eigenvalue weighted by molar-refractivity contribution is 6.32. The number of hydrogen-bond donors (Lipinski definition) is 3. The van der Waals surface area contributed by atoms with Gasteiger partial charge in [0.1, 0.15) is 5.02 Å². The van der Waals surface area contributed by atoms with Gasteiger partial charge >= 0.3 is 6.18 Å². The number of nitrogens with one attached hydrogen (secondary N) is 3. The highest BCUT2D eigenvalue weighted by atomic mass is 35.5. The van der Waals surface area contributed by atoms with Crippen LogP contribution in [0.1, 0.15) is 16.7 Å². The van der Waals surface area contributed by atoms with E-state index in [9.17, 15) is 18.0 Å². The maximum Gasteiger partial charge on any atom is 0.416 e. The van der Waals surface area contributed by atoms with E-state index < -0.39 is 11.7 Å². The first-order valence-electron chi connectivity index (χ1n) is 8.91. The van der Waals surface area contributed by atoms with Crippen molar-refractivity contribution in [2.75, 3.05) is 16.0 Å². The van der Waals surface area contributed by atoms with E-state index in [0.717, 1.165) is 17.3 Å². The first-order valence-corrected chi connectivity index (χ1v) is 9.29. The summed E-state index contributed by atoms with van der Waals surface area (Å²) in [6.45, 7) is -0.113. The van der Waals surface area contributed by atoms with Gasteiger partial charge in [-0.3, -0.25) is 4.79 Å². The molecule has 0 fully saturated rings. The van der Waals surface area contributed by atoms with Crippen molar-refractivity contribution in [3.63, 3.8) is 0 Å². The number of hydrogen-bond acceptors (Lipinski definition) is 5. The van der Waals surface area contributed by atoms with Crippen LogP contribution >= 0.6 is 11.6 Å². The van der Waals surface area contributed by atoms with Crippen LogP contribution in [0.5, 0.6) is 0 Å². The van der Waals surface area contributed by atoms with Gasteiger partial charge in [-0.25, -0.2) is 4.98 Å². The van der Waals surface area contributed by atoms with Crippen LogP contribution in [-0.2, 0) is 23.9 Å². The van der Waals surface area contributed by atoms with Gasteiger partial charge in [-0.2, -0.15) is 18.2 Å². The van der Waals surface area contributed by atoms with E-state index in [-0.39, 0.29) is 41.2 Å². The second-order valence-electron chi connectivity index (χ2n) is 6.62. The Bertz CT molecular complexity index is 1120.